The fraction of sp³-hybridized carbons (Fsp3) is 0.542. The van der Waals surface area contributed by atoms with E-state index >= 15 is 0 Å². The monoisotopic (exact) mass is 505 g/mol. The average Bonchev–Trinajstić information content (AvgIpc) is 3.28. The van der Waals surface area contributed by atoms with E-state index in [1.54, 1.807) is 12.1 Å². The number of nitrogens with zero attached hydrogens (tertiary/aromatic N) is 1. The average molecular weight is 506 g/mol. The maximum absolute atomic E-state index is 13.2. The van der Waals surface area contributed by atoms with Gasteiger partial charge < -0.3 is 37.2 Å². The number of phenolic OH excluding ortho intramolecular Hbond substituents is 1. The topological polar surface area (TPSA) is 205 Å². The predicted molar refractivity (Wildman–Crippen MR) is 129 cm³/mol. The predicted octanol–water partition coefficient (Wildman–Crippen LogP) is -0.771. The molecular weight excluding hydrogens is 470 g/mol. The molecule has 0 saturated carbocycles. The highest BCUT2D eigenvalue weighted by Crippen LogP contribution is 2.20. The molecule has 4 atom stereocenters. The number of carboxylic acid groups (broad SMARTS) is 1. The van der Waals surface area contributed by atoms with Gasteiger partial charge in [0.25, 0.3) is 0 Å². The number of hydrogen-bond donors (Lipinski definition) is 6. The quantitative estimate of drug-likeness (QED) is 0.212. The van der Waals surface area contributed by atoms with E-state index in [0.717, 1.165) is 0 Å². The Morgan fingerprint density at radius 3 is 2.28 bits per heavy atom. The van der Waals surface area contributed by atoms with Gasteiger partial charge in [-0.05, 0) is 42.9 Å². The molecule has 0 bridgehead atoms. The van der Waals surface area contributed by atoms with Gasteiger partial charge in [-0.1, -0.05) is 26.0 Å². The second-order valence-corrected chi connectivity index (χ2v) is 9.43. The van der Waals surface area contributed by atoms with Gasteiger partial charge in [0, 0.05) is 13.0 Å². The second-order valence-electron chi connectivity index (χ2n) is 9.43. The third-order valence-corrected chi connectivity index (χ3v) is 5.91. The molecule has 0 spiro atoms. The molecule has 8 N–H and O–H groups in total. The molecule has 198 valence electrons. The van der Waals surface area contributed by atoms with Crippen LogP contribution in [0.25, 0.3) is 0 Å². The van der Waals surface area contributed by atoms with Crippen molar-refractivity contribution in [2.24, 2.45) is 17.4 Å². The van der Waals surface area contributed by atoms with Gasteiger partial charge in [0.05, 0.1) is 12.5 Å². The lowest BCUT2D eigenvalue weighted by atomic mass is 10.0. The smallest absolute Gasteiger partial charge is 0.326 e. The number of carbonyl (C=O) groups excluding carboxylic acids is 4. The largest absolute Gasteiger partial charge is 0.508 e. The Hall–Kier alpha value is -3.67. The van der Waals surface area contributed by atoms with Crippen LogP contribution in [-0.4, -0.2) is 75.4 Å². The Morgan fingerprint density at radius 1 is 1.08 bits per heavy atom. The number of likely N-dealkylation sites (tertiary alicyclic amines) is 1. The summed E-state index contributed by atoms with van der Waals surface area (Å²) in [6.07, 6.45) is 0.783. The summed E-state index contributed by atoms with van der Waals surface area (Å²) in [6.45, 7) is 4.24. The second kappa shape index (κ2) is 12.9. The number of primary amides is 1. The van der Waals surface area contributed by atoms with Crippen LogP contribution in [0.15, 0.2) is 24.3 Å². The van der Waals surface area contributed by atoms with Gasteiger partial charge in [-0.15, -0.1) is 0 Å². The summed E-state index contributed by atoms with van der Waals surface area (Å²) in [6, 6.07) is 1.55. The van der Waals surface area contributed by atoms with Crippen LogP contribution in [0.1, 0.15) is 45.1 Å². The summed E-state index contributed by atoms with van der Waals surface area (Å²) < 4.78 is 0. The number of nitrogens with two attached hydrogens (primary N) is 2. The maximum atomic E-state index is 13.2. The summed E-state index contributed by atoms with van der Waals surface area (Å²) in [5, 5.41) is 23.7. The van der Waals surface area contributed by atoms with Crippen LogP contribution >= 0.6 is 0 Å². The summed E-state index contributed by atoms with van der Waals surface area (Å²) in [4.78, 5) is 63.2. The lowest BCUT2D eigenvalue weighted by Crippen LogP contribution is -2.57. The zero-order valence-corrected chi connectivity index (χ0v) is 20.5. The highest BCUT2D eigenvalue weighted by molar-refractivity contribution is 5.95. The molecule has 2 rings (SSSR count). The minimum Gasteiger partial charge on any atom is -0.508 e. The molecule has 1 aromatic rings. The van der Waals surface area contributed by atoms with E-state index in [1.165, 1.54) is 17.0 Å². The summed E-state index contributed by atoms with van der Waals surface area (Å²) >= 11 is 0. The van der Waals surface area contributed by atoms with Crippen molar-refractivity contribution in [3.63, 3.8) is 0 Å². The minimum absolute atomic E-state index is 0.00836. The minimum atomic E-state index is -1.58. The SMILES string of the molecule is CC(C)CC(N)C(=O)N1CCCC1C(=O)NC(Cc1ccc(O)cc1)C(=O)NC(CC(N)=O)C(=O)O. The van der Waals surface area contributed by atoms with Crippen molar-refractivity contribution in [3.8, 4) is 5.75 Å². The van der Waals surface area contributed by atoms with Gasteiger partial charge in [0.15, 0.2) is 0 Å². The van der Waals surface area contributed by atoms with Gasteiger partial charge in [0.1, 0.15) is 23.9 Å². The van der Waals surface area contributed by atoms with Crippen LogP contribution in [-0.2, 0) is 30.4 Å². The molecule has 1 aliphatic rings. The van der Waals surface area contributed by atoms with Gasteiger partial charge in [0.2, 0.25) is 23.6 Å². The molecule has 0 radical (unpaired) electrons. The lowest BCUT2D eigenvalue weighted by molar-refractivity contribution is -0.144. The molecule has 36 heavy (non-hydrogen) atoms. The molecule has 4 unspecified atom stereocenters. The van der Waals surface area contributed by atoms with Gasteiger partial charge >= 0.3 is 5.97 Å². The zero-order chi connectivity index (χ0) is 27.0. The van der Waals surface area contributed by atoms with Gasteiger partial charge in [-0.3, -0.25) is 19.2 Å². The first-order valence-electron chi connectivity index (χ1n) is 11.8. The number of benzene rings is 1. The molecule has 12 nitrogen and oxygen atoms in total. The number of aromatic hydroxyl groups is 1. The standard InChI is InChI=1S/C24H35N5O7/c1-13(2)10-16(25)23(34)29-9-3-4-19(29)22(33)27-17(11-14-5-7-15(30)8-6-14)21(32)28-18(24(35)36)12-20(26)31/h5-8,13,16-19,30H,3-4,9-12,25H2,1-2H3,(H2,26,31)(H,27,33)(H,28,32)(H,35,36). The fourth-order valence-electron chi connectivity index (χ4n) is 4.14. The van der Waals surface area contributed by atoms with Crippen molar-refractivity contribution in [2.75, 3.05) is 6.54 Å². The summed E-state index contributed by atoms with van der Waals surface area (Å²) in [7, 11) is 0. The first-order valence-corrected chi connectivity index (χ1v) is 11.8. The van der Waals surface area contributed by atoms with Crippen molar-refractivity contribution < 1.29 is 34.2 Å². The van der Waals surface area contributed by atoms with E-state index in [9.17, 15) is 34.2 Å². The van der Waals surface area contributed by atoms with Crippen molar-refractivity contribution in [3.05, 3.63) is 29.8 Å². The Morgan fingerprint density at radius 2 is 1.72 bits per heavy atom. The Kier molecular flexibility index (Phi) is 10.2. The van der Waals surface area contributed by atoms with Crippen LogP contribution in [0.4, 0.5) is 0 Å². The van der Waals surface area contributed by atoms with E-state index in [4.69, 9.17) is 11.5 Å². The van der Waals surface area contributed by atoms with Crippen LogP contribution in [0.2, 0.25) is 0 Å². The molecule has 0 aliphatic carbocycles. The Labute approximate surface area is 209 Å². The van der Waals surface area contributed by atoms with Crippen LogP contribution < -0.4 is 22.1 Å². The van der Waals surface area contributed by atoms with E-state index in [1.807, 2.05) is 13.8 Å². The lowest BCUT2D eigenvalue weighted by Gasteiger charge is -2.29. The fourth-order valence-corrected chi connectivity index (χ4v) is 4.14. The van der Waals surface area contributed by atoms with Crippen LogP contribution in [0.5, 0.6) is 5.75 Å². The number of phenols is 1. The van der Waals surface area contributed by atoms with E-state index in [0.29, 0.717) is 31.4 Å². The third kappa shape index (κ3) is 8.22. The van der Waals surface area contributed by atoms with Crippen molar-refractivity contribution in [2.45, 2.75) is 70.1 Å². The van der Waals surface area contributed by atoms with E-state index in [2.05, 4.69) is 10.6 Å². The number of aliphatic carboxylic acids is 1. The highest BCUT2D eigenvalue weighted by atomic mass is 16.4. The molecule has 0 aromatic heterocycles. The highest BCUT2D eigenvalue weighted by Gasteiger charge is 2.38. The number of carbonyl (C=O) groups is 5. The third-order valence-electron chi connectivity index (χ3n) is 5.91. The first-order chi connectivity index (χ1) is 16.9. The molecule has 1 fully saturated rings. The van der Waals surface area contributed by atoms with Crippen LogP contribution in [0.3, 0.4) is 0 Å². The summed E-state index contributed by atoms with van der Waals surface area (Å²) in [5.74, 6) is -3.92. The number of carboxylic acids is 1. The molecular formula is C24H35N5O7. The molecule has 1 aliphatic heterocycles. The number of hydrogen-bond acceptors (Lipinski definition) is 7. The van der Waals surface area contributed by atoms with Gasteiger partial charge in [-0.25, -0.2) is 4.79 Å². The molecule has 4 amide bonds. The van der Waals surface area contributed by atoms with Crippen LogP contribution in [0, 0.1) is 5.92 Å². The van der Waals surface area contributed by atoms with Crippen molar-refractivity contribution in [1.29, 1.82) is 0 Å². The molecule has 12 heteroatoms. The molecule has 1 heterocycles. The first kappa shape index (κ1) is 28.6. The van der Waals surface area contributed by atoms with E-state index < -0.39 is 54.3 Å². The zero-order valence-electron chi connectivity index (χ0n) is 20.5. The number of rotatable bonds is 12. The molecule has 1 aromatic carbocycles. The Balaban J connectivity index is 2.21. The normalized spacial score (nSPS) is 17.8. The van der Waals surface area contributed by atoms with Crippen molar-refractivity contribution in [1.82, 2.24) is 15.5 Å². The van der Waals surface area contributed by atoms with Gasteiger partial charge in [-0.2, -0.15) is 0 Å². The number of amides is 4. The van der Waals surface area contributed by atoms with E-state index in [-0.39, 0.29) is 24.0 Å². The number of nitrogens with one attached hydrogen (secondary N) is 2. The molecule has 1 saturated heterocycles. The maximum Gasteiger partial charge on any atom is 0.326 e. The van der Waals surface area contributed by atoms with Crippen molar-refractivity contribution >= 4 is 29.6 Å². The Bertz CT molecular complexity index is 966. The summed E-state index contributed by atoms with van der Waals surface area (Å²) in [5.41, 5.74) is 11.7.